The van der Waals surface area contributed by atoms with Gasteiger partial charge in [-0.25, -0.2) is 0 Å². The van der Waals surface area contributed by atoms with Crippen LogP contribution < -0.4 is 14.8 Å². The molecule has 21 heavy (non-hydrogen) atoms. The smallest absolute Gasteiger partial charge is 0.231 e. The summed E-state index contributed by atoms with van der Waals surface area (Å²) in [4.78, 5) is 0. The summed E-state index contributed by atoms with van der Waals surface area (Å²) in [7, 11) is 0. The van der Waals surface area contributed by atoms with E-state index in [2.05, 4.69) is 17.4 Å². The molecule has 0 saturated heterocycles. The zero-order valence-corrected chi connectivity index (χ0v) is 11.6. The summed E-state index contributed by atoms with van der Waals surface area (Å²) in [5, 5.41) is 13.7. The van der Waals surface area contributed by atoms with Gasteiger partial charge in [0.2, 0.25) is 6.79 Å². The van der Waals surface area contributed by atoms with E-state index < -0.39 is 0 Å². The van der Waals surface area contributed by atoms with E-state index in [-0.39, 0.29) is 18.9 Å². The Labute approximate surface area is 123 Å². The predicted octanol–water partition coefficient (Wildman–Crippen LogP) is 2.16. The lowest BCUT2D eigenvalue weighted by Crippen LogP contribution is -2.28. The summed E-state index contributed by atoms with van der Waals surface area (Å²) < 4.78 is 10.9. The van der Waals surface area contributed by atoms with Crippen molar-refractivity contribution in [2.75, 3.05) is 6.79 Å². The van der Waals surface area contributed by atoms with E-state index in [4.69, 9.17) is 9.47 Å². The highest BCUT2D eigenvalue weighted by molar-refractivity contribution is 5.48. The molecule has 0 bridgehead atoms. The second kappa shape index (κ2) is 5.06. The Morgan fingerprint density at radius 3 is 2.95 bits per heavy atom. The molecule has 0 radical (unpaired) electrons. The Morgan fingerprint density at radius 1 is 1.10 bits per heavy atom. The minimum Gasteiger partial charge on any atom is -0.454 e. The van der Waals surface area contributed by atoms with Gasteiger partial charge in [-0.15, -0.1) is 0 Å². The molecule has 2 N–H and O–H groups in total. The van der Waals surface area contributed by atoms with E-state index in [1.807, 2.05) is 30.3 Å². The zero-order chi connectivity index (χ0) is 14.2. The maximum Gasteiger partial charge on any atom is 0.231 e. The van der Waals surface area contributed by atoms with Crippen LogP contribution in [0.4, 0.5) is 0 Å². The molecule has 1 heterocycles. The molecule has 0 amide bonds. The molecule has 2 aliphatic rings. The third kappa shape index (κ3) is 2.17. The van der Waals surface area contributed by atoms with Crippen LogP contribution in [-0.2, 0) is 13.0 Å². The molecule has 1 aliphatic carbocycles. The zero-order valence-electron chi connectivity index (χ0n) is 11.6. The van der Waals surface area contributed by atoms with Crippen LogP contribution >= 0.6 is 0 Å². The molecule has 4 heteroatoms. The van der Waals surface area contributed by atoms with Gasteiger partial charge in [0.1, 0.15) is 0 Å². The van der Waals surface area contributed by atoms with E-state index in [0.29, 0.717) is 13.0 Å². The average Bonchev–Trinajstić information content (AvgIpc) is 3.09. The molecule has 0 spiro atoms. The Balaban J connectivity index is 1.54. The monoisotopic (exact) mass is 283 g/mol. The molecule has 2 aromatic rings. The van der Waals surface area contributed by atoms with Crippen LogP contribution in [0, 0.1) is 0 Å². The van der Waals surface area contributed by atoms with Gasteiger partial charge < -0.3 is 19.9 Å². The summed E-state index contributed by atoms with van der Waals surface area (Å²) in [6.45, 7) is 0.920. The maximum atomic E-state index is 10.3. The van der Waals surface area contributed by atoms with E-state index >= 15 is 0 Å². The largest absolute Gasteiger partial charge is 0.454 e. The number of aliphatic hydroxyl groups excluding tert-OH is 1. The van der Waals surface area contributed by atoms with Crippen LogP contribution in [0.25, 0.3) is 0 Å². The third-order valence-corrected chi connectivity index (χ3v) is 4.19. The lowest BCUT2D eigenvalue weighted by Gasteiger charge is -2.18. The lowest BCUT2D eigenvalue weighted by molar-refractivity contribution is 0.140. The Hall–Kier alpha value is -2.04. The first-order chi connectivity index (χ1) is 10.3. The van der Waals surface area contributed by atoms with Crippen LogP contribution in [0.2, 0.25) is 0 Å². The van der Waals surface area contributed by atoms with Gasteiger partial charge in [-0.05, 0) is 17.2 Å². The van der Waals surface area contributed by atoms with Gasteiger partial charge >= 0.3 is 0 Å². The van der Waals surface area contributed by atoms with Gasteiger partial charge in [-0.1, -0.05) is 36.4 Å². The van der Waals surface area contributed by atoms with Crippen molar-refractivity contribution in [1.82, 2.24) is 5.32 Å². The summed E-state index contributed by atoms with van der Waals surface area (Å²) in [6.07, 6.45) is 0.330. The van der Waals surface area contributed by atoms with Gasteiger partial charge in [-0.2, -0.15) is 0 Å². The number of hydrogen-bond donors (Lipinski definition) is 2. The van der Waals surface area contributed by atoms with Crippen LogP contribution in [0.1, 0.15) is 22.7 Å². The second-order valence-corrected chi connectivity index (χ2v) is 5.48. The van der Waals surface area contributed by atoms with Crippen LogP contribution in [0.3, 0.4) is 0 Å². The highest BCUT2D eigenvalue weighted by Gasteiger charge is 2.30. The Bertz CT molecular complexity index is 671. The van der Waals surface area contributed by atoms with Crippen molar-refractivity contribution in [1.29, 1.82) is 0 Å². The van der Waals surface area contributed by atoms with E-state index in [1.165, 1.54) is 11.1 Å². The van der Waals surface area contributed by atoms with E-state index in [1.54, 1.807) is 0 Å². The molecule has 2 atom stereocenters. The van der Waals surface area contributed by atoms with Crippen molar-refractivity contribution in [2.24, 2.45) is 0 Å². The summed E-state index contributed by atoms with van der Waals surface area (Å²) in [6, 6.07) is 14.1. The number of fused-ring (bicyclic) bond motifs is 2. The number of hydrogen-bond acceptors (Lipinski definition) is 4. The lowest BCUT2D eigenvalue weighted by atomic mass is 10.1. The van der Waals surface area contributed by atoms with Crippen LogP contribution in [-0.4, -0.2) is 18.0 Å². The number of benzene rings is 2. The van der Waals surface area contributed by atoms with Crippen molar-refractivity contribution >= 4 is 0 Å². The minimum atomic E-state index is -0.378. The molecule has 108 valence electrons. The first kappa shape index (κ1) is 12.7. The number of aliphatic hydroxyl groups is 1. The summed E-state index contributed by atoms with van der Waals surface area (Å²) in [5.74, 6) is 1.60. The maximum absolute atomic E-state index is 10.3. The van der Waals surface area contributed by atoms with Crippen molar-refractivity contribution in [3.63, 3.8) is 0 Å². The van der Waals surface area contributed by atoms with Gasteiger partial charge in [0, 0.05) is 18.5 Å². The number of para-hydroxylation sites is 1. The molecule has 0 saturated carbocycles. The molecule has 1 aliphatic heterocycles. The number of nitrogens with one attached hydrogen (secondary N) is 1. The van der Waals surface area contributed by atoms with Gasteiger partial charge in [0.15, 0.2) is 11.5 Å². The highest BCUT2D eigenvalue weighted by Crippen LogP contribution is 2.36. The van der Waals surface area contributed by atoms with Crippen LogP contribution in [0.5, 0.6) is 11.5 Å². The van der Waals surface area contributed by atoms with Crippen LogP contribution in [0.15, 0.2) is 42.5 Å². The molecule has 0 fully saturated rings. The fourth-order valence-electron chi connectivity index (χ4n) is 3.17. The normalized spacial score (nSPS) is 22.3. The Kier molecular flexibility index (Phi) is 3.05. The summed E-state index contributed by atoms with van der Waals surface area (Å²) >= 11 is 0. The van der Waals surface area contributed by atoms with E-state index in [9.17, 15) is 5.11 Å². The fourth-order valence-corrected chi connectivity index (χ4v) is 3.17. The molecule has 2 aromatic carbocycles. The van der Waals surface area contributed by atoms with Crippen molar-refractivity contribution in [3.8, 4) is 11.5 Å². The molecule has 0 unspecified atom stereocenters. The highest BCUT2D eigenvalue weighted by atomic mass is 16.7. The van der Waals surface area contributed by atoms with Crippen molar-refractivity contribution < 1.29 is 14.6 Å². The first-order valence-corrected chi connectivity index (χ1v) is 7.19. The second-order valence-electron chi connectivity index (χ2n) is 5.48. The topological polar surface area (TPSA) is 50.7 Å². The first-order valence-electron chi connectivity index (χ1n) is 7.19. The standard InChI is InChI=1S/C17H17NO3/c19-14-8-11-4-1-2-6-13(11)16(14)18-9-12-5-3-7-15-17(12)21-10-20-15/h1-7,14,16,18-19H,8-10H2/t14-,16+/m0/s1. The SMILES string of the molecule is O[C@H]1Cc2ccccc2[C@H]1NCc1cccc2c1OCO2. The molecular weight excluding hydrogens is 266 g/mol. The van der Waals surface area contributed by atoms with Crippen molar-refractivity contribution in [3.05, 3.63) is 59.2 Å². The van der Waals surface area contributed by atoms with Crippen molar-refractivity contribution in [2.45, 2.75) is 25.1 Å². The van der Waals surface area contributed by atoms with Gasteiger partial charge in [-0.3, -0.25) is 0 Å². The quantitative estimate of drug-likeness (QED) is 0.906. The molecular formula is C17H17NO3. The molecule has 4 rings (SSSR count). The van der Waals surface area contributed by atoms with E-state index in [0.717, 1.165) is 17.1 Å². The molecule has 0 aromatic heterocycles. The molecule has 4 nitrogen and oxygen atoms in total. The predicted molar refractivity (Wildman–Crippen MR) is 78.3 cm³/mol. The minimum absolute atomic E-state index is 0.0284. The number of rotatable bonds is 3. The van der Waals surface area contributed by atoms with Gasteiger partial charge in [0.25, 0.3) is 0 Å². The summed E-state index contributed by atoms with van der Waals surface area (Å²) in [5.41, 5.74) is 3.47. The fraction of sp³-hybridized carbons (Fsp3) is 0.294. The Morgan fingerprint density at radius 2 is 2.00 bits per heavy atom. The third-order valence-electron chi connectivity index (χ3n) is 4.19. The average molecular weight is 283 g/mol. The van der Waals surface area contributed by atoms with Gasteiger partial charge in [0.05, 0.1) is 12.1 Å². The number of ether oxygens (including phenoxy) is 2.